The van der Waals surface area contributed by atoms with Crippen molar-refractivity contribution in [3.63, 3.8) is 0 Å². The summed E-state index contributed by atoms with van der Waals surface area (Å²) in [5.41, 5.74) is 0.932. The number of hydrogen-bond donors (Lipinski definition) is 0. The molecule has 0 aromatic carbocycles. The molecule has 2 heterocycles. The zero-order chi connectivity index (χ0) is 10.8. The van der Waals surface area contributed by atoms with E-state index in [2.05, 4.69) is 10.1 Å². The number of ether oxygens (including phenoxy) is 1. The quantitative estimate of drug-likeness (QED) is 0.751. The van der Waals surface area contributed by atoms with Crippen LogP contribution < -0.4 is 4.74 Å². The van der Waals surface area contributed by atoms with Crippen molar-refractivity contribution in [1.82, 2.24) is 14.8 Å². The molecule has 0 atom stereocenters. The maximum Gasteiger partial charge on any atom is 0.153 e. The molecule has 4 nitrogen and oxygen atoms in total. The summed E-state index contributed by atoms with van der Waals surface area (Å²) in [4.78, 5) is 3.98. The third-order valence-corrected chi connectivity index (χ3v) is 2.03. The third-order valence-electron chi connectivity index (χ3n) is 2.03. The minimum absolute atomic E-state index is 0.281. The summed E-state index contributed by atoms with van der Waals surface area (Å²) in [6.45, 7) is 0. The third kappa shape index (κ3) is 1.81. The van der Waals surface area contributed by atoms with Crippen molar-refractivity contribution in [3.05, 3.63) is 30.5 Å². The van der Waals surface area contributed by atoms with Crippen molar-refractivity contribution < 1.29 is 9.13 Å². The lowest BCUT2D eigenvalue weighted by Crippen LogP contribution is -1.91. The molecule has 78 valence electrons. The Hall–Kier alpha value is -1.91. The predicted molar refractivity (Wildman–Crippen MR) is 52.9 cm³/mol. The highest BCUT2D eigenvalue weighted by Crippen LogP contribution is 2.22. The van der Waals surface area contributed by atoms with E-state index in [1.165, 1.54) is 19.4 Å². The summed E-state index contributed by atoms with van der Waals surface area (Å²) in [5.74, 6) is -0.0116. The number of methoxy groups -OCH3 is 1. The average molecular weight is 207 g/mol. The number of pyridine rings is 1. The second-order valence-electron chi connectivity index (χ2n) is 3.11. The van der Waals surface area contributed by atoms with Gasteiger partial charge in [-0.2, -0.15) is 5.10 Å². The zero-order valence-electron chi connectivity index (χ0n) is 8.44. The van der Waals surface area contributed by atoms with Gasteiger partial charge in [0, 0.05) is 24.9 Å². The van der Waals surface area contributed by atoms with Gasteiger partial charge in [-0.25, -0.2) is 9.37 Å². The lowest BCUT2D eigenvalue weighted by Gasteiger charge is -2.02. The van der Waals surface area contributed by atoms with Crippen LogP contribution >= 0.6 is 0 Å². The molecule has 0 unspecified atom stereocenters. The number of hydrogen-bond acceptors (Lipinski definition) is 3. The van der Waals surface area contributed by atoms with E-state index >= 15 is 0 Å². The first-order chi connectivity index (χ1) is 7.20. The van der Waals surface area contributed by atoms with E-state index in [0.29, 0.717) is 11.3 Å². The van der Waals surface area contributed by atoms with E-state index in [9.17, 15) is 4.39 Å². The van der Waals surface area contributed by atoms with Crippen molar-refractivity contribution in [3.8, 4) is 17.0 Å². The largest absolute Gasteiger partial charge is 0.495 e. The minimum Gasteiger partial charge on any atom is -0.495 e. The molecule has 0 spiro atoms. The summed E-state index contributed by atoms with van der Waals surface area (Å²) < 4.78 is 20.0. The average Bonchev–Trinajstić information content (AvgIpc) is 2.64. The normalized spacial score (nSPS) is 10.3. The highest BCUT2D eigenvalue weighted by atomic mass is 19.1. The molecular weight excluding hydrogens is 197 g/mol. The fraction of sp³-hybridized carbons (Fsp3) is 0.200. The highest BCUT2D eigenvalue weighted by Gasteiger charge is 2.09. The Morgan fingerprint density at radius 1 is 1.40 bits per heavy atom. The fourth-order valence-electron chi connectivity index (χ4n) is 1.29. The molecule has 2 aromatic rings. The van der Waals surface area contributed by atoms with Gasteiger partial charge in [-0.15, -0.1) is 0 Å². The molecule has 0 aliphatic rings. The van der Waals surface area contributed by atoms with Crippen LogP contribution in [0.1, 0.15) is 0 Å². The minimum atomic E-state index is -0.414. The van der Waals surface area contributed by atoms with E-state index in [0.717, 1.165) is 0 Å². The van der Waals surface area contributed by atoms with Gasteiger partial charge >= 0.3 is 0 Å². The summed E-state index contributed by atoms with van der Waals surface area (Å²) in [5, 5.41) is 3.96. The van der Waals surface area contributed by atoms with Crippen LogP contribution in [0.25, 0.3) is 11.3 Å². The molecule has 0 amide bonds. The summed E-state index contributed by atoms with van der Waals surface area (Å²) in [7, 11) is 3.24. The van der Waals surface area contributed by atoms with Crippen LogP contribution in [0.3, 0.4) is 0 Å². The van der Waals surface area contributed by atoms with Crippen LogP contribution in [0, 0.1) is 5.82 Å². The number of rotatable bonds is 2. The van der Waals surface area contributed by atoms with Crippen molar-refractivity contribution in [2.24, 2.45) is 7.05 Å². The van der Waals surface area contributed by atoms with Gasteiger partial charge < -0.3 is 4.74 Å². The van der Waals surface area contributed by atoms with Crippen LogP contribution in [-0.4, -0.2) is 21.9 Å². The second-order valence-corrected chi connectivity index (χ2v) is 3.11. The van der Waals surface area contributed by atoms with Crippen molar-refractivity contribution in [2.75, 3.05) is 7.11 Å². The molecule has 0 saturated carbocycles. The van der Waals surface area contributed by atoms with Crippen LogP contribution in [0.5, 0.6) is 5.75 Å². The van der Waals surface area contributed by atoms with E-state index < -0.39 is 5.82 Å². The maximum absolute atomic E-state index is 13.6. The monoisotopic (exact) mass is 207 g/mol. The topological polar surface area (TPSA) is 39.9 Å². The molecule has 0 aliphatic carbocycles. The van der Waals surface area contributed by atoms with E-state index in [1.807, 2.05) is 0 Å². The Morgan fingerprint density at radius 3 is 2.73 bits per heavy atom. The number of aromatic nitrogens is 3. The van der Waals surface area contributed by atoms with E-state index in [1.54, 1.807) is 24.1 Å². The molecule has 5 heteroatoms. The van der Waals surface area contributed by atoms with Crippen LogP contribution in [0.4, 0.5) is 4.39 Å². The van der Waals surface area contributed by atoms with Gasteiger partial charge in [-0.3, -0.25) is 4.68 Å². The molecule has 0 aliphatic heterocycles. The molecule has 0 fully saturated rings. The molecular formula is C10H10FN3O. The fourth-order valence-corrected chi connectivity index (χ4v) is 1.29. The molecule has 2 aromatic heterocycles. The van der Waals surface area contributed by atoms with E-state index in [-0.39, 0.29) is 5.69 Å². The molecule has 2 rings (SSSR count). The Morgan fingerprint density at radius 2 is 2.20 bits per heavy atom. The molecule has 0 saturated heterocycles. The van der Waals surface area contributed by atoms with Crippen molar-refractivity contribution in [1.29, 1.82) is 0 Å². The van der Waals surface area contributed by atoms with Gasteiger partial charge in [0.15, 0.2) is 5.82 Å². The standard InChI is InChI=1S/C10H10FN3O/c1-14-6-7(4-13-14)10-9(11)3-8(15-2)5-12-10/h3-6H,1-2H3. The zero-order valence-corrected chi connectivity index (χ0v) is 8.44. The summed E-state index contributed by atoms with van der Waals surface area (Å²) >= 11 is 0. The van der Waals surface area contributed by atoms with Gasteiger partial charge in [0.05, 0.1) is 19.5 Å². The predicted octanol–water partition coefficient (Wildman–Crippen LogP) is 1.63. The number of aryl methyl sites for hydroxylation is 1. The van der Waals surface area contributed by atoms with Gasteiger partial charge in [-0.05, 0) is 0 Å². The Balaban J connectivity index is 2.45. The first kappa shape index (κ1) is 9.64. The van der Waals surface area contributed by atoms with Crippen LogP contribution in [0.2, 0.25) is 0 Å². The van der Waals surface area contributed by atoms with Gasteiger partial charge in [0.2, 0.25) is 0 Å². The maximum atomic E-state index is 13.6. The van der Waals surface area contributed by atoms with E-state index in [4.69, 9.17) is 4.74 Å². The number of nitrogens with zero attached hydrogens (tertiary/aromatic N) is 3. The SMILES string of the molecule is COc1cnc(-c2cnn(C)c2)c(F)c1. The molecule has 0 radical (unpaired) electrons. The van der Waals surface area contributed by atoms with Crippen LogP contribution in [-0.2, 0) is 7.05 Å². The lowest BCUT2D eigenvalue weighted by atomic mass is 10.2. The van der Waals surface area contributed by atoms with Gasteiger partial charge in [0.25, 0.3) is 0 Å². The van der Waals surface area contributed by atoms with Crippen LogP contribution in [0.15, 0.2) is 24.7 Å². The molecule has 0 bridgehead atoms. The number of halogens is 1. The summed E-state index contributed by atoms with van der Waals surface area (Å²) in [6, 6.07) is 1.30. The Labute approximate surface area is 86.3 Å². The Bertz CT molecular complexity index is 481. The lowest BCUT2D eigenvalue weighted by molar-refractivity contribution is 0.409. The van der Waals surface area contributed by atoms with Gasteiger partial charge in [-0.1, -0.05) is 0 Å². The molecule has 0 N–H and O–H groups in total. The Kier molecular flexibility index (Phi) is 2.37. The van der Waals surface area contributed by atoms with Crippen molar-refractivity contribution in [2.45, 2.75) is 0 Å². The highest BCUT2D eigenvalue weighted by molar-refractivity contribution is 5.58. The second kappa shape index (κ2) is 3.68. The smallest absolute Gasteiger partial charge is 0.153 e. The first-order valence-electron chi connectivity index (χ1n) is 4.39. The van der Waals surface area contributed by atoms with Gasteiger partial charge in [0.1, 0.15) is 11.4 Å². The first-order valence-corrected chi connectivity index (χ1v) is 4.39. The molecule has 15 heavy (non-hydrogen) atoms. The summed E-state index contributed by atoms with van der Waals surface area (Å²) in [6.07, 6.45) is 4.75. The van der Waals surface area contributed by atoms with Crippen molar-refractivity contribution >= 4 is 0 Å².